The lowest BCUT2D eigenvalue weighted by molar-refractivity contribution is -0.113. The molecule has 15 heavy (non-hydrogen) atoms. The van der Waals surface area contributed by atoms with Crippen LogP contribution in [0.4, 0.5) is 10.1 Å². The van der Waals surface area contributed by atoms with Crippen molar-refractivity contribution >= 4 is 28.5 Å². The summed E-state index contributed by atoms with van der Waals surface area (Å²) in [5.74, 6) is -0.872. The van der Waals surface area contributed by atoms with Gasteiger partial charge in [-0.3, -0.25) is 10.2 Å². The number of hydrogen-bond donors (Lipinski definition) is 3. The molecule has 0 fully saturated rings. The Bertz CT molecular complexity index is 383. The van der Waals surface area contributed by atoms with E-state index in [4.69, 9.17) is 11.1 Å². The zero-order valence-corrected chi connectivity index (χ0v) is 8.60. The van der Waals surface area contributed by atoms with Crippen LogP contribution in [-0.2, 0) is 4.79 Å². The first-order valence-corrected chi connectivity index (χ1v) is 5.09. The maximum absolute atomic E-state index is 13.1. The van der Waals surface area contributed by atoms with Crippen molar-refractivity contribution in [1.82, 2.24) is 0 Å². The Kier molecular flexibility index (Phi) is 4.11. The van der Waals surface area contributed by atoms with Crippen molar-refractivity contribution in [2.24, 2.45) is 5.73 Å². The van der Waals surface area contributed by atoms with Crippen LogP contribution in [0.1, 0.15) is 0 Å². The second kappa shape index (κ2) is 5.35. The highest BCUT2D eigenvalue weighted by Gasteiger charge is 2.06. The average molecular weight is 227 g/mol. The lowest BCUT2D eigenvalue weighted by atomic mass is 10.3. The Balaban J connectivity index is 2.52. The van der Waals surface area contributed by atoms with Gasteiger partial charge in [-0.1, -0.05) is 23.9 Å². The molecule has 80 valence electrons. The van der Waals surface area contributed by atoms with Gasteiger partial charge in [0.15, 0.2) is 5.17 Å². The molecule has 1 aromatic carbocycles. The van der Waals surface area contributed by atoms with E-state index in [0.29, 0.717) is 0 Å². The molecule has 1 rings (SSSR count). The SMILES string of the molecule is N=C(N)SCC(=O)Nc1ccccc1F. The molecule has 0 radical (unpaired) electrons. The van der Waals surface area contributed by atoms with Crippen LogP contribution in [0.25, 0.3) is 0 Å². The molecular formula is C9H10FN3OS. The lowest BCUT2D eigenvalue weighted by Crippen LogP contribution is -2.17. The maximum atomic E-state index is 13.1. The number of amides is 1. The highest BCUT2D eigenvalue weighted by atomic mass is 32.2. The highest BCUT2D eigenvalue weighted by Crippen LogP contribution is 2.12. The van der Waals surface area contributed by atoms with Crippen LogP contribution in [0.2, 0.25) is 0 Å². The number of rotatable bonds is 3. The first-order valence-electron chi connectivity index (χ1n) is 4.11. The molecule has 4 nitrogen and oxygen atoms in total. The molecule has 0 aliphatic rings. The van der Waals surface area contributed by atoms with Crippen molar-refractivity contribution in [2.45, 2.75) is 0 Å². The predicted octanol–water partition coefficient (Wildman–Crippen LogP) is 1.39. The van der Waals surface area contributed by atoms with E-state index in [1.165, 1.54) is 18.2 Å². The maximum Gasteiger partial charge on any atom is 0.234 e. The van der Waals surface area contributed by atoms with Crippen molar-refractivity contribution in [3.05, 3.63) is 30.1 Å². The van der Waals surface area contributed by atoms with Crippen LogP contribution in [0.5, 0.6) is 0 Å². The van der Waals surface area contributed by atoms with Gasteiger partial charge in [-0.2, -0.15) is 0 Å². The number of nitrogens with two attached hydrogens (primary N) is 1. The third-order valence-corrected chi connectivity index (χ3v) is 2.22. The topological polar surface area (TPSA) is 79.0 Å². The van der Waals surface area contributed by atoms with Gasteiger partial charge in [0.05, 0.1) is 11.4 Å². The molecular weight excluding hydrogens is 217 g/mol. The van der Waals surface area contributed by atoms with E-state index >= 15 is 0 Å². The van der Waals surface area contributed by atoms with Gasteiger partial charge in [0.1, 0.15) is 5.82 Å². The predicted molar refractivity (Wildman–Crippen MR) is 59.4 cm³/mol. The monoisotopic (exact) mass is 227 g/mol. The Labute approximate surface area is 90.6 Å². The number of nitrogens with one attached hydrogen (secondary N) is 2. The van der Waals surface area contributed by atoms with Gasteiger partial charge in [0, 0.05) is 0 Å². The van der Waals surface area contributed by atoms with Crippen LogP contribution in [0, 0.1) is 11.2 Å². The number of benzene rings is 1. The van der Waals surface area contributed by atoms with Crippen LogP contribution in [0.3, 0.4) is 0 Å². The Morgan fingerprint density at radius 3 is 2.80 bits per heavy atom. The second-order valence-corrected chi connectivity index (χ2v) is 3.70. The summed E-state index contributed by atoms with van der Waals surface area (Å²) in [5.41, 5.74) is 5.19. The molecule has 1 amide bonds. The Hall–Kier alpha value is -1.56. The molecule has 0 saturated heterocycles. The van der Waals surface area contributed by atoms with Crippen molar-refractivity contribution in [3.8, 4) is 0 Å². The number of para-hydroxylation sites is 1. The minimum Gasteiger partial charge on any atom is -0.379 e. The summed E-state index contributed by atoms with van der Waals surface area (Å²) >= 11 is 0.891. The molecule has 0 saturated carbocycles. The fourth-order valence-corrected chi connectivity index (χ4v) is 1.25. The fraction of sp³-hybridized carbons (Fsp3) is 0.111. The van der Waals surface area contributed by atoms with Gasteiger partial charge >= 0.3 is 0 Å². The zero-order valence-electron chi connectivity index (χ0n) is 7.79. The number of hydrogen-bond acceptors (Lipinski definition) is 3. The van der Waals surface area contributed by atoms with Crippen molar-refractivity contribution in [3.63, 3.8) is 0 Å². The first-order chi connectivity index (χ1) is 7.09. The summed E-state index contributed by atoms with van der Waals surface area (Å²) in [4.78, 5) is 11.2. The Morgan fingerprint density at radius 2 is 2.20 bits per heavy atom. The van der Waals surface area contributed by atoms with Crippen LogP contribution in [-0.4, -0.2) is 16.8 Å². The molecule has 0 aliphatic carbocycles. The molecule has 4 N–H and O–H groups in total. The van der Waals surface area contributed by atoms with E-state index in [9.17, 15) is 9.18 Å². The summed E-state index contributed by atoms with van der Waals surface area (Å²) in [7, 11) is 0. The van der Waals surface area contributed by atoms with Crippen molar-refractivity contribution < 1.29 is 9.18 Å². The first kappa shape index (κ1) is 11.5. The quantitative estimate of drug-likeness (QED) is 0.539. The summed E-state index contributed by atoms with van der Waals surface area (Å²) in [5, 5.41) is 9.13. The van der Waals surface area contributed by atoms with Gasteiger partial charge in [-0.15, -0.1) is 0 Å². The number of halogens is 1. The van der Waals surface area contributed by atoms with Gasteiger partial charge < -0.3 is 11.1 Å². The molecule has 0 atom stereocenters. The van der Waals surface area contributed by atoms with Gasteiger partial charge in [-0.05, 0) is 12.1 Å². The summed E-state index contributed by atoms with van der Waals surface area (Å²) in [6.07, 6.45) is 0. The van der Waals surface area contributed by atoms with E-state index in [-0.39, 0.29) is 22.5 Å². The molecule has 0 spiro atoms. The smallest absolute Gasteiger partial charge is 0.234 e. The van der Waals surface area contributed by atoms with E-state index in [1.807, 2.05) is 0 Å². The van der Waals surface area contributed by atoms with Crippen LogP contribution in [0.15, 0.2) is 24.3 Å². The number of carbonyl (C=O) groups excluding carboxylic acids is 1. The molecule has 0 aliphatic heterocycles. The molecule has 0 unspecified atom stereocenters. The summed E-state index contributed by atoms with van der Waals surface area (Å²) in [6.45, 7) is 0. The van der Waals surface area contributed by atoms with Crippen LogP contribution < -0.4 is 11.1 Å². The molecule has 1 aromatic rings. The third kappa shape index (κ3) is 3.99. The third-order valence-electron chi connectivity index (χ3n) is 1.51. The second-order valence-electron chi connectivity index (χ2n) is 2.68. The minimum atomic E-state index is -0.487. The molecule has 0 aromatic heterocycles. The van der Waals surface area contributed by atoms with E-state index in [2.05, 4.69) is 5.32 Å². The highest BCUT2D eigenvalue weighted by molar-refractivity contribution is 8.14. The van der Waals surface area contributed by atoms with E-state index in [1.54, 1.807) is 6.07 Å². The van der Waals surface area contributed by atoms with Gasteiger partial charge in [-0.25, -0.2) is 4.39 Å². The number of thioether (sulfide) groups is 1. The fourth-order valence-electron chi connectivity index (χ4n) is 0.892. The number of anilines is 1. The molecule has 0 heterocycles. The lowest BCUT2D eigenvalue weighted by Gasteiger charge is -2.04. The van der Waals surface area contributed by atoms with Crippen LogP contribution >= 0.6 is 11.8 Å². The summed E-state index contributed by atoms with van der Waals surface area (Å²) in [6, 6.07) is 5.88. The summed E-state index contributed by atoms with van der Waals surface area (Å²) < 4.78 is 13.1. The van der Waals surface area contributed by atoms with Gasteiger partial charge in [0.2, 0.25) is 5.91 Å². The molecule has 0 bridgehead atoms. The largest absolute Gasteiger partial charge is 0.379 e. The van der Waals surface area contributed by atoms with Crippen molar-refractivity contribution in [2.75, 3.05) is 11.1 Å². The standard InChI is InChI=1S/C9H10FN3OS/c10-6-3-1-2-4-7(6)13-8(14)5-15-9(11)12/h1-4H,5H2,(H3,11,12)(H,13,14). The minimum absolute atomic E-state index is 0.00364. The van der Waals surface area contributed by atoms with Gasteiger partial charge in [0.25, 0.3) is 0 Å². The number of carbonyl (C=O) groups is 1. The number of amidine groups is 1. The van der Waals surface area contributed by atoms with E-state index < -0.39 is 5.82 Å². The zero-order chi connectivity index (χ0) is 11.3. The molecule has 6 heteroatoms. The average Bonchev–Trinajstić information content (AvgIpc) is 2.18. The van der Waals surface area contributed by atoms with E-state index in [0.717, 1.165) is 11.8 Å². The van der Waals surface area contributed by atoms with Crippen molar-refractivity contribution in [1.29, 1.82) is 5.41 Å². The normalized spacial score (nSPS) is 9.67. The Morgan fingerprint density at radius 1 is 1.53 bits per heavy atom.